The smallest absolute Gasteiger partial charge is 0.299 e. The molecule has 0 saturated carbocycles. The lowest BCUT2D eigenvalue weighted by atomic mass is 10.2. The maximum absolute atomic E-state index is 12.4. The summed E-state index contributed by atoms with van der Waals surface area (Å²) in [5.74, 6) is -0.182. The molecule has 8 heteroatoms. The van der Waals surface area contributed by atoms with Crippen molar-refractivity contribution in [3.8, 4) is 5.88 Å². The fourth-order valence-electron chi connectivity index (χ4n) is 3.06. The first-order chi connectivity index (χ1) is 14.0. The molecular formula is C21H16ClN3O3S. The lowest BCUT2D eigenvalue weighted by Gasteiger charge is -2.08. The normalized spacial score (nSPS) is 12.0. The molecule has 0 aliphatic carbocycles. The van der Waals surface area contributed by atoms with Crippen LogP contribution in [-0.2, 0) is 16.6 Å². The molecule has 146 valence electrons. The molecule has 0 saturated heterocycles. The summed E-state index contributed by atoms with van der Waals surface area (Å²) in [7, 11) is -3.98. The Hall–Kier alpha value is -3.16. The summed E-state index contributed by atoms with van der Waals surface area (Å²) < 4.78 is 30.0. The minimum absolute atomic E-state index is 0.0306. The summed E-state index contributed by atoms with van der Waals surface area (Å²) in [5, 5.41) is 15.9. The molecule has 0 fully saturated rings. The van der Waals surface area contributed by atoms with E-state index in [-0.39, 0.29) is 16.5 Å². The predicted octanol–water partition coefficient (Wildman–Crippen LogP) is 5.52. The zero-order valence-corrected chi connectivity index (χ0v) is 16.7. The number of aromatic nitrogens is 1. The van der Waals surface area contributed by atoms with E-state index in [1.807, 2.05) is 30.3 Å². The number of rotatable bonds is 5. The van der Waals surface area contributed by atoms with Crippen LogP contribution in [0.2, 0.25) is 5.02 Å². The van der Waals surface area contributed by atoms with E-state index in [0.717, 1.165) is 5.56 Å². The molecule has 3 aromatic carbocycles. The molecule has 0 unspecified atom stereocenters. The van der Waals surface area contributed by atoms with Gasteiger partial charge in [0.15, 0.2) is 5.69 Å². The van der Waals surface area contributed by atoms with Gasteiger partial charge in [0.1, 0.15) is 0 Å². The Morgan fingerprint density at radius 1 is 0.897 bits per heavy atom. The summed E-state index contributed by atoms with van der Waals surface area (Å²) in [5.41, 5.74) is 1.59. The minimum Gasteiger partial charge on any atom is -0.493 e. The SMILES string of the molecule is O=S(=O)(N=Nc1c(O)n(Cc2ccccc2Cl)c2ccccc12)c1ccccc1. The van der Waals surface area contributed by atoms with Crippen LogP contribution in [0.25, 0.3) is 10.9 Å². The van der Waals surface area contributed by atoms with Crippen LogP contribution >= 0.6 is 11.6 Å². The van der Waals surface area contributed by atoms with Crippen molar-refractivity contribution < 1.29 is 13.5 Å². The average molecular weight is 426 g/mol. The van der Waals surface area contributed by atoms with Crippen LogP contribution in [0.4, 0.5) is 5.69 Å². The number of fused-ring (bicyclic) bond motifs is 1. The van der Waals surface area contributed by atoms with Crippen molar-refractivity contribution in [3.63, 3.8) is 0 Å². The number of nitrogens with zero attached hydrogens (tertiary/aromatic N) is 3. The summed E-state index contributed by atoms with van der Waals surface area (Å²) >= 11 is 6.26. The predicted molar refractivity (Wildman–Crippen MR) is 112 cm³/mol. The van der Waals surface area contributed by atoms with Gasteiger partial charge in [0.2, 0.25) is 5.88 Å². The first-order valence-corrected chi connectivity index (χ1v) is 10.6. The Morgan fingerprint density at radius 2 is 1.55 bits per heavy atom. The second-order valence-corrected chi connectivity index (χ2v) is 8.33. The fourth-order valence-corrected chi connectivity index (χ4v) is 4.04. The van der Waals surface area contributed by atoms with Crippen LogP contribution in [0.15, 0.2) is 93.4 Å². The third-order valence-electron chi connectivity index (χ3n) is 4.49. The average Bonchev–Trinajstić information content (AvgIpc) is 3.00. The largest absolute Gasteiger partial charge is 0.493 e. The quantitative estimate of drug-likeness (QED) is 0.427. The summed E-state index contributed by atoms with van der Waals surface area (Å²) in [6, 6.07) is 22.3. The van der Waals surface area contributed by atoms with Crippen molar-refractivity contribution in [2.24, 2.45) is 9.63 Å². The number of hydrogen-bond donors (Lipinski definition) is 1. The zero-order chi connectivity index (χ0) is 20.4. The Labute approximate surface area is 172 Å². The molecule has 0 spiro atoms. The van der Waals surface area contributed by atoms with Crippen LogP contribution < -0.4 is 0 Å². The van der Waals surface area contributed by atoms with Crippen molar-refractivity contribution in [2.45, 2.75) is 11.4 Å². The van der Waals surface area contributed by atoms with Gasteiger partial charge in [0, 0.05) is 10.4 Å². The molecule has 1 N–H and O–H groups in total. The van der Waals surface area contributed by atoms with Crippen molar-refractivity contribution in [1.29, 1.82) is 0 Å². The molecular weight excluding hydrogens is 410 g/mol. The highest BCUT2D eigenvalue weighted by Gasteiger charge is 2.19. The number of benzene rings is 3. The van der Waals surface area contributed by atoms with Gasteiger partial charge >= 0.3 is 0 Å². The molecule has 0 bridgehead atoms. The molecule has 0 atom stereocenters. The molecule has 1 aromatic heterocycles. The molecule has 29 heavy (non-hydrogen) atoms. The maximum atomic E-state index is 12.4. The van der Waals surface area contributed by atoms with Crippen LogP contribution in [0, 0.1) is 0 Å². The van der Waals surface area contributed by atoms with Gasteiger partial charge in [0.05, 0.1) is 17.0 Å². The molecule has 6 nitrogen and oxygen atoms in total. The third kappa shape index (κ3) is 3.74. The standard InChI is InChI=1S/C21H16ClN3O3S/c22-18-12-6-4-8-15(18)14-25-19-13-7-5-11-17(19)20(21(25)26)23-24-29(27,28)16-9-2-1-3-10-16/h1-13,26H,14H2. The highest BCUT2D eigenvalue weighted by molar-refractivity contribution is 7.90. The topological polar surface area (TPSA) is 84.0 Å². The van der Waals surface area contributed by atoms with Gasteiger partial charge in [-0.25, -0.2) is 0 Å². The lowest BCUT2D eigenvalue weighted by molar-refractivity contribution is 0.429. The molecule has 4 aromatic rings. The number of halogens is 1. The second kappa shape index (κ2) is 7.69. The Balaban J connectivity index is 1.80. The maximum Gasteiger partial charge on any atom is 0.299 e. The van der Waals surface area contributed by atoms with Crippen molar-refractivity contribution in [1.82, 2.24) is 4.57 Å². The number of hydrogen-bond acceptors (Lipinski definition) is 4. The minimum atomic E-state index is -3.98. The molecule has 4 rings (SSSR count). The van der Waals surface area contributed by atoms with Gasteiger partial charge in [-0.1, -0.05) is 70.7 Å². The Morgan fingerprint density at radius 3 is 2.31 bits per heavy atom. The van der Waals surface area contributed by atoms with Gasteiger partial charge in [0.25, 0.3) is 10.0 Å². The molecule has 0 aliphatic rings. The fraction of sp³-hybridized carbons (Fsp3) is 0.0476. The van der Waals surface area contributed by atoms with Gasteiger partial charge < -0.3 is 9.67 Å². The van der Waals surface area contributed by atoms with E-state index in [4.69, 9.17) is 11.6 Å². The van der Waals surface area contributed by atoms with Crippen molar-refractivity contribution in [2.75, 3.05) is 0 Å². The van der Waals surface area contributed by atoms with Crippen molar-refractivity contribution >= 4 is 38.2 Å². The summed E-state index contributed by atoms with van der Waals surface area (Å²) in [4.78, 5) is 0.0306. The number of aromatic hydroxyl groups is 1. The van der Waals surface area contributed by atoms with Crippen molar-refractivity contribution in [3.05, 3.63) is 89.4 Å². The molecule has 0 radical (unpaired) electrons. The molecule has 1 heterocycles. The van der Waals surface area contributed by atoms with Crippen LogP contribution in [-0.4, -0.2) is 18.1 Å². The second-order valence-electron chi connectivity index (χ2n) is 6.34. The Bertz CT molecular complexity index is 1320. The third-order valence-corrected chi connectivity index (χ3v) is 6.03. The van der Waals surface area contributed by atoms with Gasteiger partial charge in [-0.3, -0.25) is 0 Å². The summed E-state index contributed by atoms with van der Waals surface area (Å²) in [6.45, 7) is 0.299. The highest BCUT2D eigenvalue weighted by Crippen LogP contribution is 2.40. The Kier molecular flexibility index (Phi) is 5.08. The summed E-state index contributed by atoms with van der Waals surface area (Å²) in [6.07, 6.45) is 0. The van der Waals surface area contributed by atoms with Gasteiger partial charge in [-0.15, -0.1) is 5.11 Å². The van der Waals surface area contributed by atoms with E-state index in [9.17, 15) is 13.5 Å². The number of sulfonamides is 1. The van der Waals surface area contributed by atoms with E-state index in [1.165, 1.54) is 12.1 Å². The monoisotopic (exact) mass is 425 g/mol. The van der Waals surface area contributed by atoms with Gasteiger partial charge in [-0.2, -0.15) is 8.42 Å². The van der Waals surface area contributed by atoms with E-state index in [1.54, 1.807) is 41.0 Å². The van der Waals surface area contributed by atoms with E-state index in [2.05, 4.69) is 9.63 Å². The molecule has 0 aliphatic heterocycles. The van der Waals surface area contributed by atoms with E-state index >= 15 is 0 Å². The first-order valence-electron chi connectivity index (χ1n) is 8.74. The van der Waals surface area contributed by atoms with E-state index < -0.39 is 10.0 Å². The van der Waals surface area contributed by atoms with Gasteiger partial charge in [-0.05, 0) is 29.8 Å². The van der Waals surface area contributed by atoms with Crippen LogP contribution in [0.1, 0.15) is 5.56 Å². The molecule has 0 amide bonds. The van der Waals surface area contributed by atoms with Crippen LogP contribution in [0.3, 0.4) is 0 Å². The number of para-hydroxylation sites is 1. The van der Waals surface area contributed by atoms with Crippen LogP contribution in [0.5, 0.6) is 5.88 Å². The lowest BCUT2D eigenvalue weighted by Crippen LogP contribution is -1.99. The zero-order valence-electron chi connectivity index (χ0n) is 15.1. The first kappa shape index (κ1) is 19.2. The highest BCUT2D eigenvalue weighted by atomic mass is 35.5. The van der Waals surface area contributed by atoms with E-state index in [0.29, 0.717) is 22.5 Å².